The zero-order chi connectivity index (χ0) is 9.41. The van der Waals surface area contributed by atoms with Gasteiger partial charge in [-0.05, 0) is 19.9 Å². The van der Waals surface area contributed by atoms with E-state index in [2.05, 4.69) is 10.3 Å². The zero-order valence-corrected chi connectivity index (χ0v) is 8.14. The molecule has 1 atom stereocenters. The maximum atomic E-state index is 11.3. The van der Waals surface area contributed by atoms with E-state index in [1.165, 1.54) is 6.92 Å². The summed E-state index contributed by atoms with van der Waals surface area (Å²) in [4.78, 5) is 2.83. The molecular weight excluding hydrogens is 176 g/mol. The van der Waals surface area contributed by atoms with Crippen LogP contribution in [0.4, 0.5) is 0 Å². The van der Waals surface area contributed by atoms with Gasteiger partial charge >= 0.3 is 0 Å². The Bertz CT molecular complexity index is 342. The van der Waals surface area contributed by atoms with Gasteiger partial charge in [0, 0.05) is 18.2 Å². The van der Waals surface area contributed by atoms with E-state index in [9.17, 15) is 8.42 Å². The molecule has 12 heavy (non-hydrogen) atoms. The summed E-state index contributed by atoms with van der Waals surface area (Å²) in [5, 5.41) is 2.71. The average Bonchev–Trinajstić information content (AvgIpc) is 1.83. The Kier molecular flexibility index (Phi) is 1.99. The van der Waals surface area contributed by atoms with Gasteiger partial charge in [0.2, 0.25) is 4.99 Å². The van der Waals surface area contributed by atoms with Crippen LogP contribution in [-0.2, 0) is 9.84 Å². The minimum absolute atomic E-state index is 0.710. The van der Waals surface area contributed by atoms with E-state index in [-0.39, 0.29) is 0 Å². The molecule has 1 aliphatic heterocycles. The average molecular weight is 188 g/mol. The Labute approximate surface area is 72.3 Å². The van der Waals surface area contributed by atoms with Crippen LogP contribution in [0, 0.1) is 0 Å². The fraction of sp³-hybridized carbons (Fsp3) is 0.571. The fourth-order valence-electron chi connectivity index (χ4n) is 0.913. The Balaban J connectivity index is 3.13. The molecule has 0 aromatic heterocycles. The van der Waals surface area contributed by atoms with Gasteiger partial charge in [-0.2, -0.15) is 0 Å². The largest absolute Gasteiger partial charge is 0.355 e. The van der Waals surface area contributed by atoms with Gasteiger partial charge in [0.25, 0.3) is 0 Å². The summed E-state index contributed by atoms with van der Waals surface area (Å²) in [7, 11) is -3.21. The summed E-state index contributed by atoms with van der Waals surface area (Å²) in [5.74, 6) is 0. The van der Waals surface area contributed by atoms with Gasteiger partial charge in [-0.3, -0.25) is 0 Å². The number of hydrogen-bond acceptors (Lipinski definition) is 4. The molecule has 0 amide bonds. The second-order valence-corrected chi connectivity index (χ2v) is 5.33. The second-order valence-electron chi connectivity index (χ2n) is 2.99. The van der Waals surface area contributed by atoms with Crippen LogP contribution in [0.3, 0.4) is 0 Å². The lowest BCUT2D eigenvalue weighted by Gasteiger charge is -2.26. The lowest BCUT2D eigenvalue weighted by atomic mass is 10.3. The van der Waals surface area contributed by atoms with Gasteiger partial charge in [0.15, 0.2) is 9.84 Å². The first kappa shape index (κ1) is 9.25. The molecule has 0 bridgehead atoms. The van der Waals surface area contributed by atoms with E-state index < -0.39 is 14.8 Å². The van der Waals surface area contributed by atoms with Crippen LogP contribution in [0.15, 0.2) is 17.3 Å². The second kappa shape index (κ2) is 2.58. The third kappa shape index (κ3) is 1.50. The van der Waals surface area contributed by atoms with Gasteiger partial charge in [0.1, 0.15) is 0 Å². The quantitative estimate of drug-likeness (QED) is 0.643. The summed E-state index contributed by atoms with van der Waals surface area (Å²) in [6.07, 6.45) is 4.49. The topological polar surface area (TPSA) is 58.5 Å². The monoisotopic (exact) mass is 188 g/mol. The molecular formula is C7H12N2O2S. The van der Waals surface area contributed by atoms with Gasteiger partial charge in [-0.25, -0.2) is 13.4 Å². The number of sulfone groups is 1. The van der Waals surface area contributed by atoms with E-state index in [0.29, 0.717) is 5.71 Å². The van der Waals surface area contributed by atoms with Crippen molar-refractivity contribution in [3.05, 3.63) is 12.3 Å². The Morgan fingerprint density at radius 3 is 2.50 bits per heavy atom. The third-order valence-corrected chi connectivity index (χ3v) is 3.44. The first-order chi connectivity index (χ1) is 5.35. The van der Waals surface area contributed by atoms with Crippen molar-refractivity contribution in [1.82, 2.24) is 5.32 Å². The minimum Gasteiger partial charge on any atom is -0.355 e. The SMILES string of the molecule is CC1=NC(C)(S(C)(=O)=O)NC=C1. The van der Waals surface area contributed by atoms with Crippen LogP contribution >= 0.6 is 0 Å². The molecule has 1 unspecified atom stereocenters. The number of hydrogen-bond donors (Lipinski definition) is 1. The van der Waals surface area contributed by atoms with Crippen molar-refractivity contribution >= 4 is 15.5 Å². The summed E-state index contributed by atoms with van der Waals surface area (Å²) >= 11 is 0. The zero-order valence-electron chi connectivity index (χ0n) is 7.33. The summed E-state index contributed by atoms with van der Waals surface area (Å²) in [5.41, 5.74) is 0.710. The summed E-state index contributed by atoms with van der Waals surface area (Å²) in [6, 6.07) is 0. The predicted octanol–water partition coefficient (Wildman–Crippen LogP) is 0.283. The Morgan fingerprint density at radius 2 is 2.17 bits per heavy atom. The van der Waals surface area contributed by atoms with Crippen molar-refractivity contribution in [1.29, 1.82) is 0 Å². The standard InChI is InChI=1S/C7H12N2O2S/c1-6-4-5-8-7(2,9-6)12(3,10)11/h4-5,8H,1-3H3. The minimum atomic E-state index is -3.21. The highest BCUT2D eigenvalue weighted by Crippen LogP contribution is 2.17. The predicted molar refractivity (Wildman–Crippen MR) is 48.6 cm³/mol. The van der Waals surface area contributed by atoms with E-state index >= 15 is 0 Å². The maximum absolute atomic E-state index is 11.3. The van der Waals surface area contributed by atoms with Crippen LogP contribution in [-0.4, -0.2) is 25.4 Å². The molecule has 0 radical (unpaired) electrons. The van der Waals surface area contributed by atoms with E-state index in [1.807, 2.05) is 0 Å². The van der Waals surface area contributed by atoms with Crippen LogP contribution in [0.2, 0.25) is 0 Å². The highest BCUT2D eigenvalue weighted by molar-refractivity contribution is 7.92. The molecule has 0 aromatic carbocycles. The van der Waals surface area contributed by atoms with Gasteiger partial charge in [0.05, 0.1) is 0 Å². The van der Waals surface area contributed by atoms with E-state index in [0.717, 1.165) is 6.26 Å². The van der Waals surface area contributed by atoms with Gasteiger partial charge in [-0.1, -0.05) is 0 Å². The third-order valence-electron chi connectivity index (χ3n) is 1.79. The van der Waals surface area contributed by atoms with Crippen molar-refractivity contribution in [2.45, 2.75) is 18.8 Å². The fourth-order valence-corrected chi connectivity index (χ4v) is 1.50. The molecule has 1 N–H and O–H groups in total. The number of nitrogens with one attached hydrogen (secondary N) is 1. The van der Waals surface area contributed by atoms with Crippen LogP contribution in [0.25, 0.3) is 0 Å². The van der Waals surface area contributed by atoms with Crippen LogP contribution in [0.1, 0.15) is 13.8 Å². The molecule has 0 aliphatic carbocycles. The Morgan fingerprint density at radius 1 is 1.58 bits per heavy atom. The van der Waals surface area contributed by atoms with Crippen molar-refractivity contribution in [2.24, 2.45) is 4.99 Å². The number of nitrogens with zero attached hydrogens (tertiary/aromatic N) is 1. The molecule has 0 fully saturated rings. The number of rotatable bonds is 1. The van der Waals surface area contributed by atoms with Crippen LogP contribution in [0.5, 0.6) is 0 Å². The lowest BCUT2D eigenvalue weighted by molar-refractivity contribution is 0.512. The number of aliphatic imine (C=N–C) groups is 1. The molecule has 68 valence electrons. The molecule has 0 saturated carbocycles. The highest BCUT2D eigenvalue weighted by atomic mass is 32.2. The molecule has 1 aliphatic rings. The van der Waals surface area contributed by atoms with Crippen LogP contribution < -0.4 is 5.32 Å². The van der Waals surface area contributed by atoms with Gasteiger partial charge in [-0.15, -0.1) is 0 Å². The Hall–Kier alpha value is -0.840. The maximum Gasteiger partial charge on any atom is 0.229 e. The first-order valence-corrected chi connectivity index (χ1v) is 5.45. The van der Waals surface area contributed by atoms with E-state index in [1.54, 1.807) is 19.2 Å². The van der Waals surface area contributed by atoms with Crippen molar-refractivity contribution in [3.8, 4) is 0 Å². The van der Waals surface area contributed by atoms with Crippen molar-refractivity contribution < 1.29 is 8.42 Å². The smallest absolute Gasteiger partial charge is 0.229 e. The molecule has 0 saturated heterocycles. The number of allylic oxidation sites excluding steroid dienone is 1. The molecule has 0 spiro atoms. The highest BCUT2D eigenvalue weighted by Gasteiger charge is 2.35. The normalized spacial score (nSPS) is 29.4. The molecule has 1 heterocycles. The van der Waals surface area contributed by atoms with Crippen molar-refractivity contribution in [2.75, 3.05) is 6.26 Å². The molecule has 0 aromatic rings. The van der Waals surface area contributed by atoms with E-state index in [4.69, 9.17) is 0 Å². The molecule has 5 heteroatoms. The van der Waals surface area contributed by atoms with Gasteiger partial charge < -0.3 is 5.32 Å². The first-order valence-electron chi connectivity index (χ1n) is 3.55. The molecule has 1 rings (SSSR count). The van der Waals surface area contributed by atoms with Crippen molar-refractivity contribution in [3.63, 3.8) is 0 Å². The molecule has 4 nitrogen and oxygen atoms in total. The summed E-state index contributed by atoms with van der Waals surface area (Å²) in [6.45, 7) is 3.30. The lowest BCUT2D eigenvalue weighted by Crippen LogP contribution is -2.46. The summed E-state index contributed by atoms with van der Waals surface area (Å²) < 4.78 is 22.5.